The summed E-state index contributed by atoms with van der Waals surface area (Å²) >= 11 is 0. The molecule has 1 heterocycles. The summed E-state index contributed by atoms with van der Waals surface area (Å²) in [5.41, 5.74) is 3.79. The highest BCUT2D eigenvalue weighted by molar-refractivity contribution is 5.99. The van der Waals surface area contributed by atoms with Crippen LogP contribution in [0.5, 0.6) is 0 Å². The molecular weight excluding hydrogens is 290 g/mol. The van der Waals surface area contributed by atoms with E-state index in [4.69, 9.17) is 4.74 Å². The van der Waals surface area contributed by atoms with E-state index >= 15 is 0 Å². The van der Waals surface area contributed by atoms with Crippen molar-refractivity contribution in [3.05, 3.63) is 59.7 Å². The molecule has 0 bridgehead atoms. The molecule has 23 heavy (non-hydrogen) atoms. The lowest BCUT2D eigenvalue weighted by atomic mass is 10.1. The Balaban J connectivity index is 1.57. The largest absolute Gasteiger partial charge is 0.371 e. The van der Waals surface area contributed by atoms with Crippen LogP contribution >= 0.6 is 0 Å². The summed E-state index contributed by atoms with van der Waals surface area (Å²) in [5.74, 6) is 0. The number of morpholine rings is 1. The number of aryl methyl sites for hydroxylation is 1. The van der Waals surface area contributed by atoms with Crippen LogP contribution in [0.4, 0.5) is 16.2 Å². The minimum Gasteiger partial charge on any atom is -0.371 e. The summed E-state index contributed by atoms with van der Waals surface area (Å²) in [5, 5.41) is 8.95. The smallest absolute Gasteiger partial charge is 0.323 e. The molecule has 1 saturated heterocycles. The average molecular weight is 311 g/mol. The number of carbonyl (C=O) groups is 1. The van der Waals surface area contributed by atoms with Gasteiger partial charge in [-0.25, -0.2) is 4.79 Å². The molecule has 120 valence electrons. The van der Waals surface area contributed by atoms with Crippen molar-refractivity contribution in [3.63, 3.8) is 0 Å². The fourth-order valence-corrected chi connectivity index (χ4v) is 2.49. The fourth-order valence-electron chi connectivity index (χ4n) is 2.49. The predicted octanol–water partition coefficient (Wildman–Crippen LogP) is 3.30. The Morgan fingerprint density at radius 3 is 2.22 bits per heavy atom. The minimum absolute atomic E-state index is 0.0826. The van der Waals surface area contributed by atoms with Crippen molar-refractivity contribution >= 4 is 17.4 Å². The lowest BCUT2D eigenvalue weighted by molar-refractivity contribution is 0.0277. The summed E-state index contributed by atoms with van der Waals surface area (Å²) in [6.07, 6.45) is 0.0826. The Kier molecular flexibility index (Phi) is 4.90. The zero-order valence-corrected chi connectivity index (χ0v) is 13.1. The zero-order valence-electron chi connectivity index (χ0n) is 13.1. The molecule has 1 atom stereocenters. The summed E-state index contributed by atoms with van der Waals surface area (Å²) in [4.78, 5) is 12.0. The normalized spacial score (nSPS) is 17.5. The average Bonchev–Trinajstić information content (AvgIpc) is 2.58. The van der Waals surface area contributed by atoms with Gasteiger partial charge in [0, 0.05) is 24.5 Å². The van der Waals surface area contributed by atoms with Crippen molar-refractivity contribution in [1.29, 1.82) is 0 Å². The number of carbonyl (C=O) groups excluding carboxylic acids is 1. The molecule has 0 saturated carbocycles. The number of rotatable bonds is 3. The molecule has 3 rings (SSSR count). The van der Waals surface area contributed by atoms with Crippen LogP contribution in [0.3, 0.4) is 0 Å². The first-order valence-corrected chi connectivity index (χ1v) is 7.78. The Morgan fingerprint density at radius 1 is 1.04 bits per heavy atom. The highest BCUT2D eigenvalue weighted by Crippen LogP contribution is 2.20. The third-order valence-electron chi connectivity index (χ3n) is 3.78. The number of nitrogens with one attached hydrogen (secondary N) is 3. The van der Waals surface area contributed by atoms with E-state index in [1.54, 1.807) is 0 Å². The maximum Gasteiger partial charge on any atom is 0.323 e. The van der Waals surface area contributed by atoms with Crippen LogP contribution in [0.2, 0.25) is 0 Å². The van der Waals surface area contributed by atoms with Gasteiger partial charge in [-0.15, -0.1) is 0 Å². The Hall–Kier alpha value is -2.37. The lowest BCUT2D eigenvalue weighted by Crippen LogP contribution is -2.33. The second kappa shape index (κ2) is 7.26. The van der Waals surface area contributed by atoms with Crippen LogP contribution in [0.1, 0.15) is 17.2 Å². The van der Waals surface area contributed by atoms with E-state index in [1.807, 2.05) is 55.5 Å². The topological polar surface area (TPSA) is 62.4 Å². The molecule has 3 N–H and O–H groups in total. The van der Waals surface area contributed by atoms with Gasteiger partial charge in [0.1, 0.15) is 0 Å². The third-order valence-corrected chi connectivity index (χ3v) is 3.78. The van der Waals surface area contributed by atoms with Crippen molar-refractivity contribution < 1.29 is 9.53 Å². The summed E-state index contributed by atoms with van der Waals surface area (Å²) in [6.45, 7) is 4.45. The molecule has 0 spiro atoms. The van der Waals surface area contributed by atoms with Gasteiger partial charge >= 0.3 is 6.03 Å². The molecule has 5 nitrogen and oxygen atoms in total. The molecule has 1 fully saturated rings. The van der Waals surface area contributed by atoms with Crippen LogP contribution in [0.25, 0.3) is 0 Å². The first-order valence-electron chi connectivity index (χ1n) is 7.78. The first kappa shape index (κ1) is 15.5. The molecule has 5 heteroatoms. The minimum atomic E-state index is -0.253. The van der Waals surface area contributed by atoms with Gasteiger partial charge in [0.25, 0.3) is 0 Å². The van der Waals surface area contributed by atoms with Crippen molar-refractivity contribution in [1.82, 2.24) is 5.32 Å². The van der Waals surface area contributed by atoms with Gasteiger partial charge in [0.05, 0.1) is 12.7 Å². The maximum absolute atomic E-state index is 12.0. The van der Waals surface area contributed by atoms with Gasteiger partial charge in [-0.3, -0.25) is 0 Å². The monoisotopic (exact) mass is 311 g/mol. The van der Waals surface area contributed by atoms with Gasteiger partial charge in [-0.1, -0.05) is 29.8 Å². The standard InChI is InChI=1S/C18H21N3O2/c1-13-2-6-15(7-3-13)20-18(22)21-16-8-4-14(5-9-16)17-12-19-10-11-23-17/h2-9,17,19H,10-12H2,1H3,(H2,20,21,22)/t17-/m1/s1. The molecule has 0 radical (unpaired) electrons. The van der Waals surface area contributed by atoms with E-state index in [9.17, 15) is 4.79 Å². The molecule has 0 unspecified atom stereocenters. The second-order valence-electron chi connectivity index (χ2n) is 5.63. The van der Waals surface area contributed by atoms with Gasteiger partial charge in [0.15, 0.2) is 0 Å². The Morgan fingerprint density at radius 2 is 1.65 bits per heavy atom. The molecule has 1 aliphatic heterocycles. The lowest BCUT2D eigenvalue weighted by Gasteiger charge is -2.24. The van der Waals surface area contributed by atoms with Gasteiger partial charge in [-0.05, 0) is 36.8 Å². The highest BCUT2D eigenvalue weighted by Gasteiger charge is 2.15. The van der Waals surface area contributed by atoms with Gasteiger partial charge < -0.3 is 20.7 Å². The molecule has 0 aromatic heterocycles. The summed E-state index contributed by atoms with van der Waals surface area (Å²) in [6, 6.07) is 15.2. The van der Waals surface area contributed by atoms with E-state index < -0.39 is 0 Å². The quantitative estimate of drug-likeness (QED) is 0.815. The highest BCUT2D eigenvalue weighted by atomic mass is 16.5. The number of hydrogen-bond acceptors (Lipinski definition) is 3. The Bertz CT molecular complexity index is 647. The predicted molar refractivity (Wildman–Crippen MR) is 91.8 cm³/mol. The van der Waals surface area contributed by atoms with E-state index in [1.165, 1.54) is 0 Å². The molecule has 2 aromatic carbocycles. The maximum atomic E-state index is 12.0. The summed E-state index contributed by atoms with van der Waals surface area (Å²) in [7, 11) is 0. The number of benzene rings is 2. The van der Waals surface area contributed by atoms with Crippen LogP contribution in [-0.4, -0.2) is 25.7 Å². The summed E-state index contributed by atoms with van der Waals surface area (Å²) < 4.78 is 5.71. The van der Waals surface area contributed by atoms with E-state index in [0.717, 1.165) is 42.2 Å². The second-order valence-corrected chi connectivity index (χ2v) is 5.63. The van der Waals surface area contributed by atoms with Crippen LogP contribution < -0.4 is 16.0 Å². The van der Waals surface area contributed by atoms with Crippen molar-refractivity contribution in [2.75, 3.05) is 30.3 Å². The number of ether oxygens (including phenoxy) is 1. The third kappa shape index (κ3) is 4.31. The number of hydrogen-bond donors (Lipinski definition) is 3. The van der Waals surface area contributed by atoms with Crippen molar-refractivity contribution in [2.45, 2.75) is 13.0 Å². The molecule has 0 aliphatic carbocycles. The van der Waals surface area contributed by atoms with Gasteiger partial charge in [0.2, 0.25) is 0 Å². The Labute approximate surface area is 136 Å². The van der Waals surface area contributed by atoms with E-state index in [2.05, 4.69) is 16.0 Å². The number of urea groups is 1. The van der Waals surface area contributed by atoms with Crippen molar-refractivity contribution in [3.8, 4) is 0 Å². The van der Waals surface area contributed by atoms with Crippen LogP contribution in [0.15, 0.2) is 48.5 Å². The van der Waals surface area contributed by atoms with Crippen molar-refractivity contribution in [2.24, 2.45) is 0 Å². The zero-order chi connectivity index (χ0) is 16.1. The van der Waals surface area contributed by atoms with Gasteiger partial charge in [-0.2, -0.15) is 0 Å². The molecule has 2 aromatic rings. The van der Waals surface area contributed by atoms with E-state index in [-0.39, 0.29) is 12.1 Å². The fraction of sp³-hybridized carbons (Fsp3) is 0.278. The molecular formula is C18H21N3O2. The van der Waals surface area contributed by atoms with E-state index in [0.29, 0.717) is 0 Å². The number of anilines is 2. The molecule has 2 amide bonds. The molecule has 1 aliphatic rings. The SMILES string of the molecule is Cc1ccc(NC(=O)Nc2ccc([C@H]3CNCCO3)cc2)cc1. The first-order chi connectivity index (χ1) is 11.2. The number of amides is 2. The van der Waals surface area contributed by atoms with Crippen LogP contribution in [0, 0.1) is 6.92 Å². The van der Waals surface area contributed by atoms with Crippen LogP contribution in [-0.2, 0) is 4.74 Å².